The highest BCUT2D eigenvalue weighted by atomic mass is 19.3. The SMILES string of the molecule is [C-]#[N+]c1ccc2ncc3nc(Cn4cc(CC)cn4)n(CC(C)(F)F)c3c2c1. The summed E-state index contributed by atoms with van der Waals surface area (Å²) in [4.78, 5) is 12.4. The zero-order valence-electron chi connectivity index (χ0n) is 15.5. The number of pyridine rings is 1. The van der Waals surface area contributed by atoms with Gasteiger partial charge in [0.05, 0.1) is 43.1 Å². The molecule has 0 atom stereocenters. The Morgan fingerprint density at radius 2 is 2.04 bits per heavy atom. The highest BCUT2D eigenvalue weighted by Gasteiger charge is 2.26. The van der Waals surface area contributed by atoms with Gasteiger partial charge in [0.1, 0.15) is 11.3 Å². The molecule has 0 aliphatic rings. The van der Waals surface area contributed by atoms with E-state index < -0.39 is 12.5 Å². The van der Waals surface area contributed by atoms with E-state index in [0.717, 1.165) is 18.9 Å². The van der Waals surface area contributed by atoms with Crippen LogP contribution in [0.15, 0.2) is 36.8 Å². The van der Waals surface area contributed by atoms with Gasteiger partial charge < -0.3 is 4.57 Å². The van der Waals surface area contributed by atoms with Gasteiger partial charge in [-0.3, -0.25) is 9.67 Å². The normalized spacial score (nSPS) is 12.0. The Balaban J connectivity index is 1.94. The highest BCUT2D eigenvalue weighted by molar-refractivity contribution is 6.03. The van der Waals surface area contributed by atoms with Crippen molar-refractivity contribution in [1.82, 2.24) is 24.3 Å². The minimum absolute atomic E-state index is 0.273. The second kappa shape index (κ2) is 6.68. The first-order valence-electron chi connectivity index (χ1n) is 8.92. The molecule has 0 bridgehead atoms. The van der Waals surface area contributed by atoms with Gasteiger partial charge in [0.15, 0.2) is 5.69 Å². The van der Waals surface area contributed by atoms with Gasteiger partial charge in [-0.1, -0.05) is 13.0 Å². The second-order valence-corrected chi connectivity index (χ2v) is 6.89. The van der Waals surface area contributed by atoms with Crippen LogP contribution < -0.4 is 0 Å². The van der Waals surface area contributed by atoms with E-state index in [0.29, 0.717) is 33.4 Å². The van der Waals surface area contributed by atoms with Crippen molar-refractivity contribution in [2.75, 3.05) is 0 Å². The zero-order valence-corrected chi connectivity index (χ0v) is 15.5. The smallest absolute Gasteiger partial charge is 0.262 e. The second-order valence-electron chi connectivity index (χ2n) is 6.89. The molecular weight excluding hydrogens is 362 g/mol. The minimum Gasteiger partial charge on any atom is -0.320 e. The van der Waals surface area contributed by atoms with E-state index in [9.17, 15) is 8.78 Å². The molecule has 0 amide bonds. The lowest BCUT2D eigenvalue weighted by atomic mass is 10.1. The Morgan fingerprint density at radius 1 is 1.21 bits per heavy atom. The fourth-order valence-electron chi connectivity index (χ4n) is 3.31. The molecule has 3 heterocycles. The maximum Gasteiger partial charge on any atom is 0.262 e. The number of aromatic nitrogens is 5. The largest absolute Gasteiger partial charge is 0.320 e. The average molecular weight is 380 g/mol. The van der Waals surface area contributed by atoms with Crippen LogP contribution in [0.3, 0.4) is 0 Å². The molecule has 0 saturated carbocycles. The first-order chi connectivity index (χ1) is 13.4. The van der Waals surface area contributed by atoms with Crippen molar-refractivity contribution in [3.8, 4) is 0 Å². The third kappa shape index (κ3) is 3.31. The van der Waals surface area contributed by atoms with Crippen LogP contribution in [-0.2, 0) is 19.5 Å². The molecule has 0 unspecified atom stereocenters. The number of fused-ring (bicyclic) bond motifs is 3. The summed E-state index contributed by atoms with van der Waals surface area (Å²) in [5.74, 6) is -2.45. The van der Waals surface area contributed by atoms with Crippen LogP contribution in [0, 0.1) is 6.57 Å². The summed E-state index contributed by atoms with van der Waals surface area (Å²) >= 11 is 0. The molecule has 6 nitrogen and oxygen atoms in total. The van der Waals surface area contributed by atoms with Crippen molar-refractivity contribution in [1.29, 1.82) is 0 Å². The lowest BCUT2D eigenvalue weighted by Crippen LogP contribution is -2.22. The van der Waals surface area contributed by atoms with Gasteiger partial charge in [0, 0.05) is 18.5 Å². The molecule has 0 fully saturated rings. The number of aryl methyl sites for hydroxylation is 1. The molecule has 8 heteroatoms. The standard InChI is InChI=1S/C20H18F2N6/c1-4-13-8-25-27(10-13)11-18-26-17-9-24-16-6-5-14(23-3)7-15(16)19(17)28(18)12-20(2,21)22/h5-10H,4,11-12H2,1-2H3. The maximum absolute atomic E-state index is 14.0. The average Bonchev–Trinajstić information content (AvgIpc) is 3.25. The van der Waals surface area contributed by atoms with Crippen LogP contribution in [0.2, 0.25) is 0 Å². The van der Waals surface area contributed by atoms with E-state index in [1.807, 2.05) is 13.1 Å². The van der Waals surface area contributed by atoms with Crippen molar-refractivity contribution >= 4 is 27.6 Å². The summed E-state index contributed by atoms with van der Waals surface area (Å²) in [5.41, 5.74) is 3.22. The third-order valence-electron chi connectivity index (χ3n) is 4.60. The van der Waals surface area contributed by atoms with Gasteiger partial charge in [-0.15, -0.1) is 0 Å². The lowest BCUT2D eigenvalue weighted by Gasteiger charge is -2.15. The van der Waals surface area contributed by atoms with E-state index in [-0.39, 0.29) is 6.54 Å². The first kappa shape index (κ1) is 18.0. The molecule has 1 aromatic carbocycles. The van der Waals surface area contributed by atoms with Crippen molar-refractivity contribution in [3.05, 3.63) is 59.6 Å². The summed E-state index contributed by atoms with van der Waals surface area (Å²) in [6.45, 7) is 9.93. The van der Waals surface area contributed by atoms with Crippen molar-refractivity contribution in [3.63, 3.8) is 0 Å². The number of hydrogen-bond donors (Lipinski definition) is 0. The van der Waals surface area contributed by atoms with Gasteiger partial charge in [0.2, 0.25) is 0 Å². The van der Waals surface area contributed by atoms with E-state index in [4.69, 9.17) is 6.57 Å². The summed E-state index contributed by atoms with van der Waals surface area (Å²) in [7, 11) is 0. The van der Waals surface area contributed by atoms with Gasteiger partial charge in [-0.05, 0) is 24.1 Å². The van der Waals surface area contributed by atoms with Crippen LogP contribution >= 0.6 is 0 Å². The van der Waals surface area contributed by atoms with Crippen LogP contribution in [0.1, 0.15) is 25.2 Å². The van der Waals surface area contributed by atoms with E-state index in [1.165, 1.54) is 4.57 Å². The number of hydrogen-bond acceptors (Lipinski definition) is 3. The monoisotopic (exact) mass is 380 g/mol. The van der Waals surface area contributed by atoms with Crippen LogP contribution in [-0.4, -0.2) is 30.2 Å². The van der Waals surface area contributed by atoms with Crippen molar-refractivity contribution in [2.45, 2.75) is 39.3 Å². The van der Waals surface area contributed by atoms with Gasteiger partial charge in [-0.2, -0.15) is 5.10 Å². The van der Waals surface area contributed by atoms with Gasteiger partial charge in [0.25, 0.3) is 5.92 Å². The molecule has 0 aliphatic carbocycles. The maximum atomic E-state index is 14.0. The summed E-state index contributed by atoms with van der Waals surface area (Å²) in [5, 5.41) is 4.94. The Hall–Kier alpha value is -3.34. The highest BCUT2D eigenvalue weighted by Crippen LogP contribution is 2.30. The lowest BCUT2D eigenvalue weighted by molar-refractivity contribution is 0.00419. The molecule has 0 saturated heterocycles. The molecule has 4 rings (SSSR count). The fourth-order valence-corrected chi connectivity index (χ4v) is 3.31. The van der Waals surface area contributed by atoms with Crippen LogP contribution in [0.4, 0.5) is 14.5 Å². The number of alkyl halides is 2. The Morgan fingerprint density at radius 3 is 2.71 bits per heavy atom. The molecular formula is C20H18F2N6. The molecule has 0 aliphatic heterocycles. The molecule has 3 aromatic heterocycles. The van der Waals surface area contributed by atoms with Crippen molar-refractivity contribution in [2.24, 2.45) is 0 Å². The topological polar surface area (TPSA) is 52.9 Å². The number of halogens is 2. The number of nitrogens with zero attached hydrogens (tertiary/aromatic N) is 6. The predicted molar refractivity (Wildman–Crippen MR) is 103 cm³/mol. The Kier molecular flexibility index (Phi) is 4.30. The quantitative estimate of drug-likeness (QED) is 0.476. The number of rotatable bonds is 5. The molecule has 28 heavy (non-hydrogen) atoms. The minimum atomic E-state index is -2.92. The molecule has 0 spiro atoms. The molecule has 0 radical (unpaired) electrons. The number of imidazole rings is 1. The van der Waals surface area contributed by atoms with Gasteiger partial charge in [-0.25, -0.2) is 18.6 Å². The Bertz CT molecular complexity index is 1210. The fraction of sp³-hybridized carbons (Fsp3) is 0.300. The molecule has 142 valence electrons. The Labute approximate surface area is 160 Å². The third-order valence-corrected chi connectivity index (χ3v) is 4.60. The van der Waals surface area contributed by atoms with E-state index in [2.05, 4.69) is 19.9 Å². The zero-order chi connectivity index (χ0) is 19.9. The molecule has 4 aromatic rings. The van der Waals surface area contributed by atoms with Gasteiger partial charge >= 0.3 is 0 Å². The van der Waals surface area contributed by atoms with E-state index in [1.54, 1.807) is 35.3 Å². The molecule has 0 N–H and O–H groups in total. The van der Waals surface area contributed by atoms with E-state index >= 15 is 0 Å². The summed E-state index contributed by atoms with van der Waals surface area (Å²) in [6, 6.07) is 5.07. The van der Waals surface area contributed by atoms with Crippen LogP contribution in [0.5, 0.6) is 0 Å². The summed E-state index contributed by atoms with van der Waals surface area (Å²) in [6.07, 6.45) is 6.09. The predicted octanol–water partition coefficient (Wildman–Crippen LogP) is 4.60. The number of benzene rings is 1. The summed E-state index contributed by atoms with van der Waals surface area (Å²) < 4.78 is 31.2. The van der Waals surface area contributed by atoms with Crippen molar-refractivity contribution < 1.29 is 8.78 Å². The first-order valence-corrected chi connectivity index (χ1v) is 8.92. The van der Waals surface area contributed by atoms with Crippen LogP contribution in [0.25, 0.3) is 26.8 Å².